The van der Waals surface area contributed by atoms with E-state index in [4.69, 9.17) is 12.2 Å². The van der Waals surface area contributed by atoms with Gasteiger partial charge in [-0.2, -0.15) is 10.2 Å². The van der Waals surface area contributed by atoms with Crippen molar-refractivity contribution in [2.45, 2.75) is 0 Å². The standard InChI is InChI=1S/C12H10N4S/c1-16-7-8(6-13-16)11-9-4-2-3-5-10(9)12(17)15-14-11/h2-7H,1H3,(H,15,17). The predicted molar refractivity (Wildman–Crippen MR) is 69.1 cm³/mol. The first-order chi connectivity index (χ1) is 8.25. The Kier molecular flexibility index (Phi) is 2.26. The lowest BCUT2D eigenvalue weighted by Gasteiger charge is -2.02. The summed E-state index contributed by atoms with van der Waals surface area (Å²) in [6.45, 7) is 0. The number of hydrogen-bond donors (Lipinski definition) is 1. The lowest BCUT2D eigenvalue weighted by atomic mass is 10.1. The molecule has 0 amide bonds. The minimum absolute atomic E-state index is 0.660. The Morgan fingerprint density at radius 3 is 2.71 bits per heavy atom. The fourth-order valence-corrected chi connectivity index (χ4v) is 2.10. The van der Waals surface area contributed by atoms with E-state index in [9.17, 15) is 0 Å². The largest absolute Gasteiger partial charge is 0.275 e. The zero-order chi connectivity index (χ0) is 11.8. The maximum Gasteiger partial charge on any atom is 0.127 e. The highest BCUT2D eigenvalue weighted by Gasteiger charge is 2.07. The van der Waals surface area contributed by atoms with Crippen LogP contribution in [0.5, 0.6) is 0 Å². The smallest absolute Gasteiger partial charge is 0.127 e. The Morgan fingerprint density at radius 2 is 2.00 bits per heavy atom. The lowest BCUT2D eigenvalue weighted by Crippen LogP contribution is -1.90. The van der Waals surface area contributed by atoms with Gasteiger partial charge in [0.05, 0.1) is 6.20 Å². The molecule has 84 valence electrons. The van der Waals surface area contributed by atoms with Gasteiger partial charge in [0.15, 0.2) is 0 Å². The van der Waals surface area contributed by atoms with Crippen molar-refractivity contribution in [2.24, 2.45) is 7.05 Å². The second-order valence-electron chi connectivity index (χ2n) is 3.85. The Hall–Kier alpha value is -2.01. The van der Waals surface area contributed by atoms with Gasteiger partial charge in [0.25, 0.3) is 0 Å². The fourth-order valence-electron chi connectivity index (χ4n) is 1.88. The molecule has 3 rings (SSSR count). The molecule has 3 aromatic rings. The SMILES string of the molecule is Cn1cc(-c2n[nH]c(=S)c3ccccc23)cn1. The number of benzene rings is 1. The molecular formula is C12H10N4S. The Morgan fingerprint density at radius 1 is 1.24 bits per heavy atom. The number of H-pyrrole nitrogens is 1. The molecule has 0 aliphatic heterocycles. The summed E-state index contributed by atoms with van der Waals surface area (Å²) < 4.78 is 2.42. The van der Waals surface area contributed by atoms with E-state index in [1.807, 2.05) is 37.5 Å². The summed E-state index contributed by atoms with van der Waals surface area (Å²) in [4.78, 5) is 0. The van der Waals surface area contributed by atoms with Gasteiger partial charge in [-0.15, -0.1) is 0 Å². The van der Waals surface area contributed by atoms with Crippen LogP contribution in [0.2, 0.25) is 0 Å². The number of nitrogens with one attached hydrogen (secondary N) is 1. The van der Waals surface area contributed by atoms with Gasteiger partial charge < -0.3 is 0 Å². The van der Waals surface area contributed by atoms with Crippen molar-refractivity contribution in [3.63, 3.8) is 0 Å². The third-order valence-electron chi connectivity index (χ3n) is 2.67. The van der Waals surface area contributed by atoms with Crippen LogP contribution in [0.4, 0.5) is 0 Å². The molecule has 0 unspecified atom stereocenters. The van der Waals surface area contributed by atoms with Crippen LogP contribution in [0.15, 0.2) is 36.7 Å². The monoisotopic (exact) mass is 242 g/mol. The summed E-state index contributed by atoms with van der Waals surface area (Å²) in [7, 11) is 1.89. The Bertz CT molecular complexity index is 741. The molecule has 0 fully saturated rings. The summed E-state index contributed by atoms with van der Waals surface area (Å²) in [6, 6.07) is 7.97. The minimum Gasteiger partial charge on any atom is -0.275 e. The number of nitrogens with zero attached hydrogens (tertiary/aromatic N) is 3. The van der Waals surface area contributed by atoms with Gasteiger partial charge in [-0.1, -0.05) is 36.5 Å². The van der Waals surface area contributed by atoms with Gasteiger partial charge in [0.1, 0.15) is 10.3 Å². The van der Waals surface area contributed by atoms with Crippen LogP contribution < -0.4 is 0 Å². The van der Waals surface area contributed by atoms with E-state index < -0.39 is 0 Å². The summed E-state index contributed by atoms with van der Waals surface area (Å²) >= 11 is 5.23. The first-order valence-corrected chi connectivity index (χ1v) is 5.63. The van der Waals surface area contributed by atoms with E-state index in [1.54, 1.807) is 10.9 Å². The summed E-state index contributed by atoms with van der Waals surface area (Å²) in [5, 5.41) is 13.4. The first-order valence-electron chi connectivity index (χ1n) is 5.22. The Labute approximate surface area is 103 Å². The van der Waals surface area contributed by atoms with E-state index >= 15 is 0 Å². The van der Waals surface area contributed by atoms with Crippen molar-refractivity contribution >= 4 is 23.0 Å². The van der Waals surface area contributed by atoms with Crippen LogP contribution in [0.1, 0.15) is 0 Å². The van der Waals surface area contributed by atoms with Gasteiger partial charge in [-0.3, -0.25) is 9.78 Å². The molecule has 0 spiro atoms. The molecule has 4 nitrogen and oxygen atoms in total. The Balaban J connectivity index is 2.38. The molecule has 2 heterocycles. The molecule has 1 N–H and O–H groups in total. The zero-order valence-electron chi connectivity index (χ0n) is 9.21. The van der Waals surface area contributed by atoms with Crippen molar-refractivity contribution in [2.75, 3.05) is 0 Å². The molecule has 2 aromatic heterocycles. The van der Waals surface area contributed by atoms with Crippen LogP contribution in [-0.2, 0) is 7.05 Å². The highest BCUT2D eigenvalue weighted by atomic mass is 32.1. The van der Waals surface area contributed by atoms with E-state index in [2.05, 4.69) is 15.3 Å². The zero-order valence-corrected chi connectivity index (χ0v) is 10.0. The maximum atomic E-state index is 5.23. The fraction of sp³-hybridized carbons (Fsp3) is 0.0833. The molecule has 0 atom stereocenters. The van der Waals surface area contributed by atoms with Crippen LogP contribution >= 0.6 is 12.2 Å². The highest BCUT2D eigenvalue weighted by Crippen LogP contribution is 2.25. The third kappa shape index (κ3) is 1.64. The highest BCUT2D eigenvalue weighted by molar-refractivity contribution is 7.71. The third-order valence-corrected chi connectivity index (χ3v) is 2.99. The number of aromatic nitrogens is 4. The summed E-state index contributed by atoms with van der Waals surface area (Å²) in [5.41, 5.74) is 1.86. The maximum absolute atomic E-state index is 5.23. The molecule has 0 aliphatic rings. The topological polar surface area (TPSA) is 46.5 Å². The molecule has 0 saturated carbocycles. The number of hydrogen-bond acceptors (Lipinski definition) is 3. The molecule has 0 aliphatic carbocycles. The molecule has 17 heavy (non-hydrogen) atoms. The number of aromatic amines is 1. The van der Waals surface area contributed by atoms with Crippen LogP contribution in [0, 0.1) is 4.64 Å². The van der Waals surface area contributed by atoms with E-state index in [0.29, 0.717) is 4.64 Å². The van der Waals surface area contributed by atoms with Crippen molar-refractivity contribution in [1.29, 1.82) is 0 Å². The average molecular weight is 242 g/mol. The van der Waals surface area contributed by atoms with E-state index in [1.165, 1.54) is 0 Å². The average Bonchev–Trinajstić information content (AvgIpc) is 2.77. The van der Waals surface area contributed by atoms with Gasteiger partial charge in [-0.25, -0.2) is 0 Å². The second kappa shape index (κ2) is 3.78. The molecular weight excluding hydrogens is 232 g/mol. The van der Waals surface area contributed by atoms with Crippen LogP contribution in [0.3, 0.4) is 0 Å². The second-order valence-corrected chi connectivity index (χ2v) is 4.26. The molecule has 0 radical (unpaired) electrons. The van der Waals surface area contributed by atoms with Crippen molar-refractivity contribution in [3.8, 4) is 11.3 Å². The number of rotatable bonds is 1. The summed E-state index contributed by atoms with van der Waals surface area (Å²) in [5.74, 6) is 0. The predicted octanol–water partition coefficient (Wildman–Crippen LogP) is 2.69. The first kappa shape index (κ1) is 10.2. The van der Waals surface area contributed by atoms with Crippen LogP contribution in [-0.4, -0.2) is 20.0 Å². The van der Waals surface area contributed by atoms with E-state index in [-0.39, 0.29) is 0 Å². The van der Waals surface area contributed by atoms with Gasteiger partial charge in [0, 0.05) is 29.6 Å². The van der Waals surface area contributed by atoms with Gasteiger partial charge in [-0.05, 0) is 0 Å². The minimum atomic E-state index is 0.660. The number of fused-ring (bicyclic) bond motifs is 1. The van der Waals surface area contributed by atoms with Gasteiger partial charge in [0.2, 0.25) is 0 Å². The quantitative estimate of drug-likeness (QED) is 0.667. The van der Waals surface area contributed by atoms with Crippen molar-refractivity contribution in [1.82, 2.24) is 20.0 Å². The molecule has 1 aromatic carbocycles. The normalized spacial score (nSPS) is 10.9. The van der Waals surface area contributed by atoms with Crippen molar-refractivity contribution in [3.05, 3.63) is 41.3 Å². The molecule has 0 saturated heterocycles. The number of aryl methyl sites for hydroxylation is 1. The summed E-state index contributed by atoms with van der Waals surface area (Å²) in [6.07, 6.45) is 3.73. The molecule has 0 bridgehead atoms. The van der Waals surface area contributed by atoms with Crippen LogP contribution in [0.25, 0.3) is 22.0 Å². The van der Waals surface area contributed by atoms with Crippen molar-refractivity contribution < 1.29 is 0 Å². The molecule has 5 heteroatoms. The van der Waals surface area contributed by atoms with Gasteiger partial charge >= 0.3 is 0 Å². The van der Waals surface area contributed by atoms with E-state index in [0.717, 1.165) is 22.0 Å². The lowest BCUT2D eigenvalue weighted by molar-refractivity contribution is 0.768.